The van der Waals surface area contributed by atoms with E-state index < -0.39 is 28.5 Å². The van der Waals surface area contributed by atoms with Crippen LogP contribution in [0.15, 0.2) is 24.3 Å². The van der Waals surface area contributed by atoms with Crippen molar-refractivity contribution in [2.24, 2.45) is 0 Å². The highest BCUT2D eigenvalue weighted by atomic mass is 35.5. The fourth-order valence-corrected chi connectivity index (χ4v) is 9.44. The number of nitrogens with zero attached hydrogens (tertiary/aromatic N) is 3. The summed E-state index contributed by atoms with van der Waals surface area (Å²) in [5.41, 5.74) is 4.08. The lowest BCUT2D eigenvalue weighted by atomic mass is 9.94. The summed E-state index contributed by atoms with van der Waals surface area (Å²) in [7, 11) is -3.37. The van der Waals surface area contributed by atoms with Gasteiger partial charge in [-0.05, 0) is 90.7 Å². The molecule has 2 saturated heterocycles. The molecule has 0 spiro atoms. The van der Waals surface area contributed by atoms with Crippen LogP contribution in [0.2, 0.25) is 48.8 Å². The van der Waals surface area contributed by atoms with Crippen molar-refractivity contribution in [1.29, 1.82) is 0 Å². The Labute approximate surface area is 332 Å². The van der Waals surface area contributed by atoms with Crippen molar-refractivity contribution in [3.05, 3.63) is 57.5 Å². The lowest BCUT2D eigenvalue weighted by molar-refractivity contribution is -0.137. The number of carbonyl (C=O) groups excluding carboxylic acids is 1. The molecule has 1 aromatic carbocycles. The van der Waals surface area contributed by atoms with Gasteiger partial charge in [-0.25, -0.2) is 14.2 Å². The van der Waals surface area contributed by atoms with Gasteiger partial charge in [-0.2, -0.15) is 4.98 Å². The molecule has 1 aliphatic carbocycles. The first-order valence-electron chi connectivity index (χ1n) is 19.8. The van der Waals surface area contributed by atoms with Crippen molar-refractivity contribution in [3.63, 3.8) is 0 Å². The van der Waals surface area contributed by atoms with Crippen LogP contribution in [0.5, 0.6) is 6.01 Å². The smallest absolute Gasteiger partial charge is 0.330 e. The van der Waals surface area contributed by atoms with Gasteiger partial charge in [-0.3, -0.25) is 4.57 Å². The van der Waals surface area contributed by atoms with Gasteiger partial charge >= 0.3 is 12.0 Å². The molecule has 0 unspecified atom stereocenters. The predicted molar refractivity (Wildman–Crippen MR) is 219 cm³/mol. The number of benzene rings is 1. The van der Waals surface area contributed by atoms with Gasteiger partial charge in [0.2, 0.25) is 0 Å². The topological polar surface area (TPSA) is 103 Å². The van der Waals surface area contributed by atoms with Crippen LogP contribution in [0.25, 0.3) is 17.2 Å². The van der Waals surface area contributed by atoms with Crippen LogP contribution in [0.1, 0.15) is 75.3 Å². The molecule has 2 fully saturated rings. The maximum Gasteiger partial charge on any atom is 0.330 e. The standard InChI is InChI=1S/C41H59ClFN3O7Si2/c1-10-11-16-49-35(47)15-12-26-19-27-13-14-28(36(27)30(43)20-26)21-31-29(42)22-32-39(44-31)46(25-48-17-18-54(5,6)7)40(45-32)52-33-23-50-38-34(24-51-37(33)38)53-55(8,9)41(2,3)4/h12,15,19-20,22,28,33-34,37-38H,10-11,13-14,16-18,21,23-25H2,1-9H3/b15-12+/t28-,33-,34-,37-,38-/m1/s1. The Balaban J connectivity index is 1.21. The van der Waals surface area contributed by atoms with Crippen LogP contribution >= 0.6 is 11.6 Å². The lowest BCUT2D eigenvalue weighted by Crippen LogP contribution is -2.47. The molecule has 0 amide bonds. The number of hydrogen-bond acceptors (Lipinski definition) is 9. The van der Waals surface area contributed by atoms with Crippen LogP contribution in [-0.4, -0.2) is 87.7 Å². The van der Waals surface area contributed by atoms with E-state index in [1.165, 1.54) is 12.1 Å². The van der Waals surface area contributed by atoms with E-state index in [0.717, 1.165) is 37.3 Å². The third-order valence-corrected chi connectivity index (χ3v) is 17.9. The van der Waals surface area contributed by atoms with Crippen molar-refractivity contribution in [2.45, 2.75) is 141 Å². The molecule has 6 rings (SSSR count). The molecule has 55 heavy (non-hydrogen) atoms. The quantitative estimate of drug-likeness (QED) is 0.0607. The zero-order chi connectivity index (χ0) is 39.7. The van der Waals surface area contributed by atoms with Gasteiger partial charge in [0.05, 0.1) is 36.6 Å². The number of unbranched alkanes of at least 4 members (excludes halogenated alkanes) is 1. The number of fused-ring (bicyclic) bond motifs is 3. The zero-order valence-electron chi connectivity index (χ0n) is 34.0. The highest BCUT2D eigenvalue weighted by molar-refractivity contribution is 6.76. The van der Waals surface area contributed by atoms with E-state index in [1.807, 2.05) is 23.6 Å². The molecule has 3 aliphatic rings. The lowest BCUT2D eigenvalue weighted by Gasteiger charge is -2.39. The summed E-state index contributed by atoms with van der Waals surface area (Å²) in [6.45, 7) is 22.2. The van der Waals surface area contributed by atoms with E-state index >= 15 is 4.39 Å². The van der Waals surface area contributed by atoms with Gasteiger partial charge in [-0.1, -0.05) is 71.4 Å². The van der Waals surface area contributed by atoms with Crippen molar-refractivity contribution in [3.8, 4) is 6.01 Å². The largest absolute Gasteiger partial charge is 0.463 e. The molecule has 5 atom stereocenters. The Bertz CT molecular complexity index is 1870. The SMILES string of the molecule is CCCCOC(=O)/C=C/c1cc(F)c2c(c1)CC[C@@H]2Cc1nc2c(cc1Cl)nc(O[C@@H]1CO[C@H]3[C@@H]1OC[C@H]3O[Si](C)(C)C(C)(C)C)n2COCC[Si](C)(C)C. The highest BCUT2D eigenvalue weighted by Gasteiger charge is 2.52. The van der Waals surface area contributed by atoms with Crippen LogP contribution < -0.4 is 4.74 Å². The number of imidazole rings is 1. The minimum atomic E-state index is -2.04. The summed E-state index contributed by atoms with van der Waals surface area (Å²) in [6, 6.07) is 6.62. The molecular formula is C41H59ClFN3O7Si2. The highest BCUT2D eigenvalue weighted by Crippen LogP contribution is 2.42. The molecule has 14 heteroatoms. The average molecular weight is 817 g/mol. The minimum Gasteiger partial charge on any atom is -0.463 e. The van der Waals surface area contributed by atoms with Crippen LogP contribution in [0.4, 0.5) is 4.39 Å². The number of aryl methyl sites for hydroxylation is 1. The summed E-state index contributed by atoms with van der Waals surface area (Å²) in [5.74, 6) is -0.829. The van der Waals surface area contributed by atoms with Gasteiger partial charge in [0.1, 0.15) is 30.3 Å². The molecule has 0 N–H and O–H groups in total. The normalized spacial score (nSPS) is 22.9. The monoisotopic (exact) mass is 815 g/mol. The van der Waals surface area contributed by atoms with Crippen LogP contribution in [-0.2, 0) is 47.7 Å². The number of aromatic nitrogens is 3. The number of rotatable bonds is 16. The first-order valence-corrected chi connectivity index (χ1v) is 26.8. The Kier molecular flexibility index (Phi) is 13.0. The number of halogens is 2. The third kappa shape index (κ3) is 9.90. The predicted octanol–water partition coefficient (Wildman–Crippen LogP) is 9.10. The van der Waals surface area contributed by atoms with E-state index in [-0.39, 0.29) is 41.8 Å². The second kappa shape index (κ2) is 17.1. The molecule has 2 aliphatic heterocycles. The van der Waals surface area contributed by atoms with E-state index in [4.69, 9.17) is 49.7 Å². The van der Waals surface area contributed by atoms with E-state index in [2.05, 4.69) is 53.5 Å². The molecule has 302 valence electrons. The Morgan fingerprint density at radius 1 is 1.05 bits per heavy atom. The Hall–Kier alpha value is -2.66. The van der Waals surface area contributed by atoms with Gasteiger partial charge in [0.25, 0.3) is 0 Å². The second-order valence-electron chi connectivity index (χ2n) is 18.0. The second-order valence-corrected chi connectivity index (χ2v) is 28.8. The van der Waals surface area contributed by atoms with Gasteiger partial charge in [0, 0.05) is 20.8 Å². The summed E-state index contributed by atoms with van der Waals surface area (Å²) in [6.07, 6.45) is 5.59. The number of pyridine rings is 1. The summed E-state index contributed by atoms with van der Waals surface area (Å²) in [4.78, 5) is 22.0. The number of esters is 1. The molecule has 10 nitrogen and oxygen atoms in total. The molecule has 0 radical (unpaired) electrons. The molecule has 0 bridgehead atoms. The van der Waals surface area contributed by atoms with E-state index in [9.17, 15) is 4.79 Å². The third-order valence-electron chi connectivity index (χ3n) is 11.4. The molecule has 2 aromatic heterocycles. The van der Waals surface area contributed by atoms with Gasteiger partial charge in [0.15, 0.2) is 20.1 Å². The number of carbonyl (C=O) groups is 1. The average Bonchev–Trinajstić information content (AvgIpc) is 3.86. The first kappa shape index (κ1) is 42.0. The van der Waals surface area contributed by atoms with Crippen molar-refractivity contribution in [1.82, 2.24) is 14.5 Å². The fraction of sp³-hybridized carbons (Fsp3) is 0.634. The summed E-state index contributed by atoms with van der Waals surface area (Å²) in [5, 5.41) is 0.530. The Morgan fingerprint density at radius 3 is 2.49 bits per heavy atom. The number of ether oxygens (including phenoxy) is 5. The van der Waals surface area contributed by atoms with Crippen molar-refractivity contribution in [2.75, 3.05) is 26.4 Å². The van der Waals surface area contributed by atoms with Crippen molar-refractivity contribution < 1.29 is 37.3 Å². The van der Waals surface area contributed by atoms with E-state index in [1.54, 1.807) is 6.08 Å². The molecular weight excluding hydrogens is 757 g/mol. The first-order chi connectivity index (χ1) is 25.9. The minimum absolute atomic E-state index is 0.0648. The van der Waals surface area contributed by atoms with Crippen LogP contribution in [0.3, 0.4) is 0 Å². The zero-order valence-corrected chi connectivity index (χ0v) is 36.8. The van der Waals surface area contributed by atoms with E-state index in [0.29, 0.717) is 71.9 Å². The van der Waals surface area contributed by atoms with Gasteiger partial charge < -0.3 is 28.1 Å². The maximum atomic E-state index is 15.7. The molecule has 3 aromatic rings. The fourth-order valence-electron chi connectivity index (χ4n) is 7.15. The molecule has 4 heterocycles. The van der Waals surface area contributed by atoms with Gasteiger partial charge in [-0.15, -0.1) is 0 Å². The summed E-state index contributed by atoms with van der Waals surface area (Å²) < 4.78 is 54.9. The van der Waals surface area contributed by atoms with Crippen LogP contribution in [0, 0.1) is 5.82 Å². The summed E-state index contributed by atoms with van der Waals surface area (Å²) >= 11 is 6.90. The molecule has 0 saturated carbocycles. The number of hydrogen-bond donors (Lipinski definition) is 0. The van der Waals surface area contributed by atoms with Crippen molar-refractivity contribution >= 4 is 51.2 Å². The Morgan fingerprint density at radius 2 is 1.78 bits per heavy atom. The maximum absolute atomic E-state index is 15.7.